The van der Waals surface area contributed by atoms with Gasteiger partial charge in [0.15, 0.2) is 0 Å². The van der Waals surface area contributed by atoms with Gasteiger partial charge in [0.1, 0.15) is 0 Å². The first-order valence-corrected chi connectivity index (χ1v) is 7.23. The van der Waals surface area contributed by atoms with Crippen molar-refractivity contribution in [3.8, 4) is 0 Å². The summed E-state index contributed by atoms with van der Waals surface area (Å²) in [6.07, 6.45) is 5.38. The van der Waals surface area contributed by atoms with E-state index >= 15 is 0 Å². The van der Waals surface area contributed by atoms with E-state index < -0.39 is 0 Å². The summed E-state index contributed by atoms with van der Waals surface area (Å²) in [4.78, 5) is 0. The average Bonchev–Trinajstić information content (AvgIpc) is 2.74. The molecule has 0 fully saturated rings. The van der Waals surface area contributed by atoms with Crippen LogP contribution in [0.15, 0.2) is 12.3 Å². The molecule has 1 N–H and O–H groups in total. The van der Waals surface area contributed by atoms with Gasteiger partial charge in [-0.3, -0.25) is 4.68 Å². The smallest absolute Gasteiger partial charge is 0.0492 e. The van der Waals surface area contributed by atoms with Crippen molar-refractivity contribution in [3.05, 3.63) is 18.0 Å². The summed E-state index contributed by atoms with van der Waals surface area (Å²) in [6.45, 7) is 13.4. The van der Waals surface area contributed by atoms with Crippen molar-refractivity contribution in [2.75, 3.05) is 6.54 Å². The average molecular weight is 251 g/mol. The third kappa shape index (κ3) is 4.45. The Morgan fingerprint density at radius 3 is 2.61 bits per heavy atom. The van der Waals surface area contributed by atoms with Gasteiger partial charge < -0.3 is 5.32 Å². The fourth-order valence-electron chi connectivity index (χ4n) is 2.31. The molecule has 3 heteroatoms. The van der Waals surface area contributed by atoms with E-state index in [-0.39, 0.29) is 0 Å². The van der Waals surface area contributed by atoms with E-state index in [9.17, 15) is 0 Å². The first-order chi connectivity index (χ1) is 8.49. The standard InChI is InChI=1S/C15H29N3/c1-6-11-16-14(15(3,4)5)9-8-13-10-12-17-18(13)7-2/h10,12,14,16H,6-9,11H2,1-5H3. The SMILES string of the molecule is CCCNC(CCc1ccnn1CC)C(C)(C)C. The number of hydrogen-bond acceptors (Lipinski definition) is 2. The Morgan fingerprint density at radius 1 is 1.33 bits per heavy atom. The third-order valence-corrected chi connectivity index (χ3v) is 3.48. The zero-order chi connectivity index (χ0) is 13.6. The predicted molar refractivity (Wildman–Crippen MR) is 77.8 cm³/mol. The van der Waals surface area contributed by atoms with Crippen LogP contribution in [0.3, 0.4) is 0 Å². The normalized spacial score (nSPS) is 13.8. The van der Waals surface area contributed by atoms with E-state index in [2.05, 4.69) is 55.8 Å². The van der Waals surface area contributed by atoms with Crippen molar-refractivity contribution in [1.82, 2.24) is 15.1 Å². The highest BCUT2D eigenvalue weighted by molar-refractivity contribution is 5.01. The highest BCUT2D eigenvalue weighted by Crippen LogP contribution is 2.23. The van der Waals surface area contributed by atoms with E-state index in [1.54, 1.807) is 0 Å². The Labute approximate surface area is 112 Å². The summed E-state index contributed by atoms with van der Waals surface area (Å²) in [5.41, 5.74) is 1.66. The molecule has 18 heavy (non-hydrogen) atoms. The van der Waals surface area contributed by atoms with Crippen LogP contribution in [-0.4, -0.2) is 22.4 Å². The quantitative estimate of drug-likeness (QED) is 0.806. The van der Waals surface area contributed by atoms with E-state index in [0.29, 0.717) is 11.5 Å². The molecule has 0 saturated heterocycles. The van der Waals surface area contributed by atoms with E-state index in [1.165, 1.54) is 18.5 Å². The first kappa shape index (κ1) is 15.2. The van der Waals surface area contributed by atoms with Gasteiger partial charge in [0.05, 0.1) is 0 Å². The van der Waals surface area contributed by atoms with Gasteiger partial charge in [-0.1, -0.05) is 27.7 Å². The van der Waals surface area contributed by atoms with Gasteiger partial charge >= 0.3 is 0 Å². The Balaban J connectivity index is 2.56. The molecule has 0 spiro atoms. The van der Waals surface area contributed by atoms with Crippen LogP contribution < -0.4 is 5.32 Å². The number of aryl methyl sites for hydroxylation is 2. The molecule has 0 aliphatic carbocycles. The summed E-state index contributed by atoms with van der Waals surface area (Å²) in [6, 6.07) is 2.71. The summed E-state index contributed by atoms with van der Waals surface area (Å²) < 4.78 is 2.10. The maximum absolute atomic E-state index is 4.33. The fraction of sp³-hybridized carbons (Fsp3) is 0.800. The molecule has 3 nitrogen and oxygen atoms in total. The molecule has 1 heterocycles. The van der Waals surface area contributed by atoms with E-state index in [4.69, 9.17) is 0 Å². The van der Waals surface area contributed by atoms with Crippen LogP contribution in [0, 0.1) is 5.41 Å². The second kappa shape index (κ2) is 6.93. The molecule has 1 unspecified atom stereocenters. The molecule has 0 radical (unpaired) electrons. The van der Waals surface area contributed by atoms with Crippen molar-refractivity contribution in [2.24, 2.45) is 5.41 Å². The molecule has 0 aromatic carbocycles. The van der Waals surface area contributed by atoms with Gasteiger partial charge in [0.25, 0.3) is 0 Å². The summed E-state index contributed by atoms with van der Waals surface area (Å²) >= 11 is 0. The van der Waals surface area contributed by atoms with Crippen molar-refractivity contribution in [2.45, 2.75) is 66.5 Å². The Morgan fingerprint density at radius 2 is 2.06 bits per heavy atom. The molecular weight excluding hydrogens is 222 g/mol. The Kier molecular flexibility index (Phi) is 5.86. The first-order valence-electron chi connectivity index (χ1n) is 7.23. The summed E-state index contributed by atoms with van der Waals surface area (Å²) in [7, 11) is 0. The lowest BCUT2D eigenvalue weighted by atomic mass is 9.83. The van der Waals surface area contributed by atoms with Crippen molar-refractivity contribution < 1.29 is 0 Å². The maximum Gasteiger partial charge on any atom is 0.0492 e. The number of aromatic nitrogens is 2. The van der Waals surface area contributed by atoms with Crippen LogP contribution in [0.25, 0.3) is 0 Å². The van der Waals surface area contributed by atoms with Crippen molar-refractivity contribution in [3.63, 3.8) is 0 Å². The third-order valence-electron chi connectivity index (χ3n) is 3.48. The lowest BCUT2D eigenvalue weighted by Crippen LogP contribution is -2.41. The molecule has 0 bridgehead atoms. The van der Waals surface area contributed by atoms with Gasteiger partial charge in [-0.2, -0.15) is 5.10 Å². The molecule has 1 atom stereocenters. The van der Waals surface area contributed by atoms with Crippen molar-refractivity contribution in [1.29, 1.82) is 0 Å². The monoisotopic (exact) mass is 251 g/mol. The topological polar surface area (TPSA) is 29.9 Å². The van der Waals surface area contributed by atoms with Crippen LogP contribution in [0.1, 0.15) is 53.2 Å². The minimum Gasteiger partial charge on any atom is -0.313 e. The number of nitrogens with one attached hydrogen (secondary N) is 1. The maximum atomic E-state index is 4.33. The van der Waals surface area contributed by atoms with Crippen LogP contribution >= 0.6 is 0 Å². The molecular formula is C15H29N3. The van der Waals surface area contributed by atoms with Crippen molar-refractivity contribution >= 4 is 0 Å². The summed E-state index contributed by atoms with van der Waals surface area (Å²) in [5, 5.41) is 8.01. The molecule has 1 rings (SSSR count). The molecule has 0 saturated carbocycles. The van der Waals surface area contributed by atoms with Gasteiger partial charge in [-0.25, -0.2) is 0 Å². The molecule has 0 aliphatic rings. The number of rotatable bonds is 7. The van der Waals surface area contributed by atoms with Gasteiger partial charge in [-0.15, -0.1) is 0 Å². The lowest BCUT2D eigenvalue weighted by molar-refractivity contribution is 0.254. The minimum atomic E-state index is 0.312. The van der Waals surface area contributed by atoms with Gasteiger partial charge in [0.2, 0.25) is 0 Å². The zero-order valence-electron chi connectivity index (χ0n) is 12.7. The largest absolute Gasteiger partial charge is 0.313 e. The molecule has 104 valence electrons. The number of hydrogen-bond donors (Lipinski definition) is 1. The molecule has 0 amide bonds. The zero-order valence-corrected chi connectivity index (χ0v) is 12.7. The fourth-order valence-corrected chi connectivity index (χ4v) is 2.31. The van der Waals surface area contributed by atoms with Gasteiger partial charge in [0, 0.05) is 24.5 Å². The molecule has 0 aliphatic heterocycles. The second-order valence-corrected chi connectivity index (χ2v) is 6.05. The summed E-state index contributed by atoms with van der Waals surface area (Å²) in [5.74, 6) is 0. The molecule has 1 aromatic heterocycles. The van der Waals surface area contributed by atoms with Crippen LogP contribution in [-0.2, 0) is 13.0 Å². The Hall–Kier alpha value is -0.830. The Bertz CT molecular complexity index is 336. The van der Waals surface area contributed by atoms with Gasteiger partial charge in [-0.05, 0) is 44.2 Å². The second-order valence-electron chi connectivity index (χ2n) is 6.05. The predicted octanol–water partition coefficient (Wildman–Crippen LogP) is 3.25. The van der Waals surface area contributed by atoms with E-state index in [1.807, 2.05) is 6.20 Å². The van der Waals surface area contributed by atoms with E-state index in [0.717, 1.165) is 19.5 Å². The van der Waals surface area contributed by atoms with Crippen LogP contribution in [0.5, 0.6) is 0 Å². The highest BCUT2D eigenvalue weighted by atomic mass is 15.3. The van der Waals surface area contributed by atoms with Crippen LogP contribution in [0.4, 0.5) is 0 Å². The molecule has 1 aromatic rings. The highest BCUT2D eigenvalue weighted by Gasteiger charge is 2.23. The van der Waals surface area contributed by atoms with Crippen LogP contribution in [0.2, 0.25) is 0 Å². The number of nitrogens with zero attached hydrogens (tertiary/aromatic N) is 2. The lowest BCUT2D eigenvalue weighted by Gasteiger charge is -2.32. The minimum absolute atomic E-state index is 0.312.